The summed E-state index contributed by atoms with van der Waals surface area (Å²) in [6, 6.07) is 0. The Labute approximate surface area is 62.8 Å². The number of amides is 1. The number of hydrogen-bond donors (Lipinski definition) is 1. The first-order chi connectivity index (χ1) is 4.80. The SMILES string of the molecule is NC(=O)C1=CSN=CC=C1. The maximum atomic E-state index is 10.5. The summed E-state index contributed by atoms with van der Waals surface area (Å²) >= 11 is 1.20. The number of hydrogen-bond acceptors (Lipinski definition) is 3. The second kappa shape index (κ2) is 3.22. The van der Waals surface area contributed by atoms with Gasteiger partial charge in [0, 0.05) is 29.1 Å². The van der Waals surface area contributed by atoms with E-state index in [1.54, 1.807) is 23.8 Å². The van der Waals surface area contributed by atoms with Crippen molar-refractivity contribution in [1.29, 1.82) is 0 Å². The van der Waals surface area contributed by atoms with Crippen molar-refractivity contribution in [2.24, 2.45) is 10.1 Å². The molecule has 1 rings (SSSR count). The molecule has 1 heterocycles. The van der Waals surface area contributed by atoms with Gasteiger partial charge >= 0.3 is 0 Å². The molecule has 1 amide bonds. The highest BCUT2D eigenvalue weighted by atomic mass is 32.2. The molecule has 3 nitrogen and oxygen atoms in total. The molecule has 1 aliphatic heterocycles. The molecule has 0 bridgehead atoms. The first kappa shape index (κ1) is 7.08. The predicted molar refractivity (Wildman–Crippen MR) is 42.5 cm³/mol. The Balaban J connectivity index is 2.78. The minimum Gasteiger partial charge on any atom is -0.366 e. The Hall–Kier alpha value is -1.03. The molecule has 0 aromatic rings. The van der Waals surface area contributed by atoms with Crippen LogP contribution in [0.1, 0.15) is 0 Å². The molecule has 2 N–H and O–H groups in total. The van der Waals surface area contributed by atoms with Crippen molar-refractivity contribution in [2.45, 2.75) is 0 Å². The summed E-state index contributed by atoms with van der Waals surface area (Å²) in [4.78, 5) is 10.5. The zero-order valence-electron chi connectivity index (χ0n) is 5.15. The summed E-state index contributed by atoms with van der Waals surface area (Å²) in [7, 11) is 0. The van der Waals surface area contributed by atoms with Crippen LogP contribution in [0.25, 0.3) is 0 Å². The average molecular weight is 154 g/mol. The van der Waals surface area contributed by atoms with E-state index in [-0.39, 0.29) is 0 Å². The molecule has 0 unspecified atom stereocenters. The smallest absolute Gasteiger partial charge is 0.249 e. The lowest BCUT2D eigenvalue weighted by molar-refractivity contribution is -0.114. The average Bonchev–Trinajstić information content (AvgIpc) is 2.12. The lowest BCUT2D eigenvalue weighted by Crippen LogP contribution is -2.11. The molecule has 0 aliphatic carbocycles. The first-order valence-electron chi connectivity index (χ1n) is 2.66. The molecular formula is C6H6N2OS. The van der Waals surface area contributed by atoms with Gasteiger partial charge in [0.2, 0.25) is 5.91 Å². The van der Waals surface area contributed by atoms with Gasteiger partial charge in [-0.2, -0.15) is 0 Å². The molecule has 10 heavy (non-hydrogen) atoms. The standard InChI is InChI=1S/C6H6N2OS/c7-6(9)5-2-1-3-8-10-4-5/h1-4H,(H2,7,9). The summed E-state index contributed by atoms with van der Waals surface area (Å²) in [6.45, 7) is 0. The summed E-state index contributed by atoms with van der Waals surface area (Å²) in [5, 5.41) is 1.61. The van der Waals surface area contributed by atoms with Crippen LogP contribution in [-0.2, 0) is 4.79 Å². The third-order valence-electron chi connectivity index (χ3n) is 0.948. The molecule has 0 aromatic carbocycles. The zero-order valence-corrected chi connectivity index (χ0v) is 5.97. The highest BCUT2D eigenvalue weighted by Crippen LogP contribution is 2.11. The molecule has 0 atom stereocenters. The van der Waals surface area contributed by atoms with Crippen LogP contribution >= 0.6 is 11.9 Å². The Bertz CT molecular complexity index is 230. The van der Waals surface area contributed by atoms with Gasteiger partial charge in [-0.05, 0) is 12.2 Å². The van der Waals surface area contributed by atoms with Crippen LogP contribution in [-0.4, -0.2) is 12.1 Å². The van der Waals surface area contributed by atoms with E-state index in [4.69, 9.17) is 5.73 Å². The third kappa shape index (κ3) is 1.73. The molecule has 0 fully saturated rings. The number of primary amides is 1. The Morgan fingerprint density at radius 3 is 3.20 bits per heavy atom. The van der Waals surface area contributed by atoms with E-state index >= 15 is 0 Å². The van der Waals surface area contributed by atoms with Crippen LogP contribution in [0, 0.1) is 0 Å². The van der Waals surface area contributed by atoms with Gasteiger partial charge in [-0.25, -0.2) is 4.40 Å². The van der Waals surface area contributed by atoms with Gasteiger partial charge in [0.25, 0.3) is 0 Å². The van der Waals surface area contributed by atoms with E-state index in [1.807, 2.05) is 0 Å². The topological polar surface area (TPSA) is 55.5 Å². The molecule has 0 aromatic heterocycles. The summed E-state index contributed by atoms with van der Waals surface area (Å²) in [5.74, 6) is -0.422. The lowest BCUT2D eigenvalue weighted by Gasteiger charge is -1.89. The van der Waals surface area contributed by atoms with Crippen LogP contribution in [0.15, 0.2) is 27.5 Å². The molecule has 0 radical (unpaired) electrons. The van der Waals surface area contributed by atoms with E-state index in [0.29, 0.717) is 5.57 Å². The van der Waals surface area contributed by atoms with E-state index < -0.39 is 5.91 Å². The maximum absolute atomic E-state index is 10.5. The van der Waals surface area contributed by atoms with Crippen molar-refractivity contribution in [3.63, 3.8) is 0 Å². The molecule has 52 valence electrons. The van der Waals surface area contributed by atoms with Crippen molar-refractivity contribution >= 4 is 24.1 Å². The molecular weight excluding hydrogens is 148 g/mol. The number of allylic oxidation sites excluding steroid dienone is 1. The molecule has 1 aliphatic rings. The van der Waals surface area contributed by atoms with Crippen molar-refractivity contribution in [3.8, 4) is 0 Å². The second-order valence-electron chi connectivity index (χ2n) is 1.66. The maximum Gasteiger partial charge on any atom is 0.249 e. The fourth-order valence-corrected chi connectivity index (χ4v) is 0.993. The van der Waals surface area contributed by atoms with Crippen LogP contribution in [0.3, 0.4) is 0 Å². The largest absolute Gasteiger partial charge is 0.366 e. The van der Waals surface area contributed by atoms with E-state index in [1.165, 1.54) is 11.9 Å². The van der Waals surface area contributed by atoms with Crippen LogP contribution < -0.4 is 5.73 Å². The monoisotopic (exact) mass is 154 g/mol. The third-order valence-corrected chi connectivity index (χ3v) is 1.55. The molecule has 0 saturated carbocycles. The van der Waals surface area contributed by atoms with Crippen molar-refractivity contribution < 1.29 is 4.79 Å². The van der Waals surface area contributed by atoms with Crippen LogP contribution in [0.5, 0.6) is 0 Å². The Kier molecular flexibility index (Phi) is 2.28. The fourth-order valence-electron chi connectivity index (χ4n) is 0.484. The molecule has 0 saturated heterocycles. The van der Waals surface area contributed by atoms with Crippen molar-refractivity contribution in [3.05, 3.63) is 23.1 Å². The number of carbonyl (C=O) groups is 1. The van der Waals surface area contributed by atoms with Gasteiger partial charge in [-0.3, -0.25) is 4.79 Å². The van der Waals surface area contributed by atoms with Gasteiger partial charge < -0.3 is 5.73 Å². The highest BCUT2D eigenvalue weighted by Gasteiger charge is 1.99. The first-order valence-corrected chi connectivity index (χ1v) is 3.50. The predicted octanol–water partition coefficient (Wildman–Crippen LogP) is 0.644. The van der Waals surface area contributed by atoms with Gasteiger partial charge in [-0.15, -0.1) is 0 Å². The van der Waals surface area contributed by atoms with Crippen molar-refractivity contribution in [1.82, 2.24) is 0 Å². The van der Waals surface area contributed by atoms with Crippen LogP contribution in [0.4, 0.5) is 0 Å². The minimum absolute atomic E-state index is 0.422. The lowest BCUT2D eigenvalue weighted by atomic mass is 10.3. The Morgan fingerprint density at radius 2 is 2.50 bits per heavy atom. The summed E-state index contributed by atoms with van der Waals surface area (Å²) < 4.78 is 3.82. The van der Waals surface area contributed by atoms with Gasteiger partial charge in [0.1, 0.15) is 0 Å². The number of carbonyl (C=O) groups excluding carboxylic acids is 1. The number of nitrogens with zero attached hydrogens (tertiary/aromatic N) is 1. The summed E-state index contributed by atoms with van der Waals surface area (Å²) in [5.41, 5.74) is 5.50. The quantitative estimate of drug-likeness (QED) is 0.563. The highest BCUT2D eigenvalue weighted by molar-refractivity contribution is 8.01. The van der Waals surface area contributed by atoms with E-state index in [2.05, 4.69) is 4.40 Å². The summed E-state index contributed by atoms with van der Waals surface area (Å²) in [6.07, 6.45) is 4.92. The zero-order chi connectivity index (χ0) is 7.40. The van der Waals surface area contributed by atoms with E-state index in [9.17, 15) is 4.79 Å². The van der Waals surface area contributed by atoms with Gasteiger partial charge in [0.15, 0.2) is 0 Å². The normalized spacial score (nSPS) is 16.2. The Morgan fingerprint density at radius 1 is 1.70 bits per heavy atom. The molecule has 0 spiro atoms. The molecule has 4 heteroatoms. The van der Waals surface area contributed by atoms with E-state index in [0.717, 1.165) is 0 Å². The van der Waals surface area contributed by atoms with Gasteiger partial charge in [0.05, 0.1) is 0 Å². The second-order valence-corrected chi connectivity index (χ2v) is 2.31. The van der Waals surface area contributed by atoms with Gasteiger partial charge in [-0.1, -0.05) is 0 Å². The number of rotatable bonds is 1. The van der Waals surface area contributed by atoms with Crippen molar-refractivity contribution in [2.75, 3.05) is 0 Å². The number of nitrogens with two attached hydrogens (primary N) is 1. The van der Waals surface area contributed by atoms with Crippen LogP contribution in [0.2, 0.25) is 0 Å². The fraction of sp³-hybridized carbons (Fsp3) is 0. The minimum atomic E-state index is -0.422.